The third-order valence-electron chi connectivity index (χ3n) is 4.96. The van der Waals surface area contributed by atoms with Crippen molar-refractivity contribution in [2.75, 3.05) is 18.4 Å². The fourth-order valence-electron chi connectivity index (χ4n) is 3.57. The topological polar surface area (TPSA) is 59.0 Å². The van der Waals surface area contributed by atoms with E-state index >= 15 is 0 Å². The fourth-order valence-corrected chi connectivity index (χ4v) is 3.75. The zero-order chi connectivity index (χ0) is 19.5. The van der Waals surface area contributed by atoms with Crippen molar-refractivity contribution in [2.45, 2.75) is 18.8 Å². The summed E-state index contributed by atoms with van der Waals surface area (Å²) in [6.45, 7) is 1.80. The monoisotopic (exact) mass is 434 g/mol. The number of carbonyl (C=O) groups is 1. The number of rotatable bonds is 4. The van der Waals surface area contributed by atoms with Crippen molar-refractivity contribution in [1.82, 2.24) is 15.1 Å². The molecule has 5 nitrogen and oxygen atoms in total. The first kappa shape index (κ1) is 21.3. The number of nitrogens with zero attached hydrogens (tertiary/aromatic N) is 2. The van der Waals surface area contributed by atoms with E-state index in [2.05, 4.69) is 15.7 Å². The van der Waals surface area contributed by atoms with Gasteiger partial charge in [-0.1, -0.05) is 29.8 Å². The molecule has 0 aliphatic carbocycles. The van der Waals surface area contributed by atoms with E-state index in [0.29, 0.717) is 11.3 Å². The zero-order valence-electron chi connectivity index (χ0n) is 15.6. The molecule has 3 aromatic rings. The van der Waals surface area contributed by atoms with Crippen LogP contribution in [0.1, 0.15) is 34.8 Å². The minimum atomic E-state index is -0.521. The predicted octanol–water partition coefficient (Wildman–Crippen LogP) is 4.81. The van der Waals surface area contributed by atoms with Crippen LogP contribution in [0.4, 0.5) is 10.1 Å². The Morgan fingerprint density at radius 3 is 2.59 bits per heavy atom. The van der Waals surface area contributed by atoms with Gasteiger partial charge in [-0.2, -0.15) is 5.10 Å². The number of halogens is 3. The second-order valence-electron chi connectivity index (χ2n) is 6.80. The Morgan fingerprint density at radius 1 is 1.17 bits per heavy atom. The summed E-state index contributed by atoms with van der Waals surface area (Å²) in [6, 6.07) is 13.9. The lowest BCUT2D eigenvalue weighted by atomic mass is 9.91. The van der Waals surface area contributed by atoms with Gasteiger partial charge in [-0.25, -0.2) is 9.07 Å². The van der Waals surface area contributed by atoms with Crippen LogP contribution in [-0.2, 0) is 0 Å². The number of aromatic nitrogens is 2. The lowest BCUT2D eigenvalue weighted by Crippen LogP contribution is -2.29. The molecular formula is C21H21Cl2FN4O. The van der Waals surface area contributed by atoms with Crippen LogP contribution in [0.5, 0.6) is 0 Å². The Balaban J connectivity index is 0.00000240. The van der Waals surface area contributed by atoms with Crippen LogP contribution >= 0.6 is 24.0 Å². The van der Waals surface area contributed by atoms with Crippen molar-refractivity contribution in [2.24, 2.45) is 0 Å². The van der Waals surface area contributed by atoms with E-state index in [1.165, 1.54) is 18.2 Å². The minimum absolute atomic E-state index is 0. The molecule has 29 heavy (non-hydrogen) atoms. The molecule has 1 fully saturated rings. The predicted molar refractivity (Wildman–Crippen MR) is 115 cm³/mol. The molecule has 0 atom stereocenters. The molecule has 0 unspecified atom stereocenters. The molecule has 1 aromatic heterocycles. The highest BCUT2D eigenvalue weighted by molar-refractivity contribution is 6.31. The molecule has 2 heterocycles. The van der Waals surface area contributed by atoms with E-state index in [9.17, 15) is 9.18 Å². The average Bonchev–Trinajstić information content (AvgIpc) is 3.17. The van der Waals surface area contributed by atoms with E-state index in [-0.39, 0.29) is 29.3 Å². The van der Waals surface area contributed by atoms with Crippen LogP contribution in [0.25, 0.3) is 5.69 Å². The Bertz CT molecular complexity index is 988. The molecule has 8 heteroatoms. The van der Waals surface area contributed by atoms with Gasteiger partial charge >= 0.3 is 0 Å². The number of amides is 1. The zero-order valence-corrected chi connectivity index (χ0v) is 17.1. The molecule has 0 saturated carbocycles. The lowest BCUT2D eigenvalue weighted by molar-refractivity contribution is 0.102. The van der Waals surface area contributed by atoms with Gasteiger partial charge in [-0.05, 0) is 56.3 Å². The molecule has 4 rings (SSSR count). The smallest absolute Gasteiger partial charge is 0.259 e. The maximum Gasteiger partial charge on any atom is 0.259 e. The Labute approximate surface area is 179 Å². The van der Waals surface area contributed by atoms with Crippen LogP contribution in [0.3, 0.4) is 0 Å². The number of carbonyl (C=O) groups excluding carboxylic acids is 1. The molecule has 0 radical (unpaired) electrons. The molecule has 2 aromatic carbocycles. The van der Waals surface area contributed by atoms with Gasteiger partial charge in [0.05, 0.1) is 28.2 Å². The summed E-state index contributed by atoms with van der Waals surface area (Å²) >= 11 is 5.83. The van der Waals surface area contributed by atoms with Crippen molar-refractivity contribution in [3.05, 3.63) is 76.8 Å². The van der Waals surface area contributed by atoms with Gasteiger partial charge in [0.25, 0.3) is 5.91 Å². The van der Waals surface area contributed by atoms with Crippen LogP contribution < -0.4 is 10.6 Å². The third kappa shape index (κ3) is 4.61. The Kier molecular flexibility index (Phi) is 6.90. The average molecular weight is 435 g/mol. The number of benzene rings is 2. The van der Waals surface area contributed by atoms with Crippen LogP contribution in [0.15, 0.2) is 54.7 Å². The summed E-state index contributed by atoms with van der Waals surface area (Å²) in [6.07, 6.45) is 3.47. The first-order valence-electron chi connectivity index (χ1n) is 9.24. The van der Waals surface area contributed by atoms with E-state index in [0.717, 1.165) is 37.3 Å². The van der Waals surface area contributed by atoms with Crippen molar-refractivity contribution >= 4 is 35.6 Å². The van der Waals surface area contributed by atoms with Crippen molar-refractivity contribution in [1.29, 1.82) is 0 Å². The molecular weight excluding hydrogens is 414 g/mol. The first-order chi connectivity index (χ1) is 13.6. The molecule has 2 N–H and O–H groups in total. The maximum atomic E-state index is 13.4. The van der Waals surface area contributed by atoms with Crippen LogP contribution in [0, 0.1) is 5.82 Å². The molecule has 1 amide bonds. The number of anilines is 1. The molecule has 1 aliphatic heterocycles. The number of piperidine rings is 1. The summed E-state index contributed by atoms with van der Waals surface area (Å²) in [5.41, 5.74) is 2.79. The number of para-hydroxylation sites is 1. The minimum Gasteiger partial charge on any atom is -0.322 e. The van der Waals surface area contributed by atoms with E-state index in [4.69, 9.17) is 11.6 Å². The van der Waals surface area contributed by atoms with Crippen LogP contribution in [0.2, 0.25) is 5.02 Å². The second-order valence-corrected chi connectivity index (χ2v) is 7.21. The van der Waals surface area contributed by atoms with Crippen molar-refractivity contribution in [3.8, 4) is 5.69 Å². The summed E-state index contributed by atoms with van der Waals surface area (Å²) in [4.78, 5) is 13.0. The SMILES string of the molecule is Cl.O=C(Nc1ccc(F)c(Cl)c1)c1cnn(-c2ccccc2)c1C1CCNCC1. The van der Waals surface area contributed by atoms with Gasteiger partial charge in [-0.3, -0.25) is 4.79 Å². The highest BCUT2D eigenvalue weighted by atomic mass is 35.5. The standard InChI is InChI=1S/C21H20ClFN4O.ClH/c22-18-12-15(6-7-19(18)23)26-21(28)17-13-25-27(16-4-2-1-3-5-16)20(17)14-8-10-24-11-9-14;/h1-7,12-14,24H,8-11H2,(H,26,28);1H. The maximum absolute atomic E-state index is 13.4. The summed E-state index contributed by atoms with van der Waals surface area (Å²) < 4.78 is 15.2. The summed E-state index contributed by atoms with van der Waals surface area (Å²) in [7, 11) is 0. The fraction of sp³-hybridized carbons (Fsp3) is 0.238. The molecule has 152 valence electrons. The molecule has 0 bridgehead atoms. The van der Waals surface area contributed by atoms with Gasteiger partial charge in [0.2, 0.25) is 0 Å². The molecule has 1 aliphatic rings. The van der Waals surface area contributed by atoms with E-state index < -0.39 is 5.82 Å². The van der Waals surface area contributed by atoms with Gasteiger partial charge in [-0.15, -0.1) is 12.4 Å². The molecule has 0 spiro atoms. The second kappa shape index (κ2) is 9.39. The quantitative estimate of drug-likeness (QED) is 0.619. The number of hydrogen-bond acceptors (Lipinski definition) is 3. The third-order valence-corrected chi connectivity index (χ3v) is 5.24. The summed E-state index contributed by atoms with van der Waals surface area (Å²) in [5, 5.41) is 10.6. The lowest BCUT2D eigenvalue weighted by Gasteiger charge is -2.24. The molecule has 1 saturated heterocycles. The highest BCUT2D eigenvalue weighted by Crippen LogP contribution is 2.31. The first-order valence-corrected chi connectivity index (χ1v) is 9.62. The summed E-state index contributed by atoms with van der Waals surface area (Å²) in [5.74, 6) is -0.577. The van der Waals surface area contributed by atoms with Gasteiger partial charge in [0.1, 0.15) is 5.82 Å². The Morgan fingerprint density at radius 2 is 1.90 bits per heavy atom. The Hall–Kier alpha value is -2.41. The number of hydrogen-bond donors (Lipinski definition) is 2. The van der Waals surface area contributed by atoms with Gasteiger partial charge in [0, 0.05) is 11.6 Å². The van der Waals surface area contributed by atoms with E-state index in [1.807, 2.05) is 35.0 Å². The van der Waals surface area contributed by atoms with Crippen molar-refractivity contribution in [3.63, 3.8) is 0 Å². The highest BCUT2D eigenvalue weighted by Gasteiger charge is 2.27. The normalized spacial score (nSPS) is 14.3. The van der Waals surface area contributed by atoms with Gasteiger partial charge < -0.3 is 10.6 Å². The number of nitrogens with one attached hydrogen (secondary N) is 2. The van der Waals surface area contributed by atoms with Crippen molar-refractivity contribution < 1.29 is 9.18 Å². The van der Waals surface area contributed by atoms with Crippen LogP contribution in [-0.4, -0.2) is 28.8 Å². The largest absolute Gasteiger partial charge is 0.322 e. The van der Waals surface area contributed by atoms with E-state index in [1.54, 1.807) is 6.20 Å². The van der Waals surface area contributed by atoms with Gasteiger partial charge in [0.15, 0.2) is 0 Å².